The predicted octanol–water partition coefficient (Wildman–Crippen LogP) is 3.02. The molecule has 0 saturated heterocycles. The zero-order valence-corrected chi connectivity index (χ0v) is 11.9. The van der Waals surface area contributed by atoms with Crippen LogP contribution in [0.1, 0.15) is 18.2 Å². The molecule has 0 aliphatic rings. The number of benzene rings is 1. The van der Waals surface area contributed by atoms with Gasteiger partial charge in [0.1, 0.15) is 0 Å². The van der Waals surface area contributed by atoms with Crippen LogP contribution >= 0.6 is 0 Å². The topological polar surface area (TPSA) is 46.8 Å². The summed E-state index contributed by atoms with van der Waals surface area (Å²) in [6, 6.07) is 9.36. The minimum absolute atomic E-state index is 0.159. The van der Waals surface area contributed by atoms with Gasteiger partial charge in [-0.1, -0.05) is 0 Å². The van der Waals surface area contributed by atoms with E-state index < -0.39 is 0 Å². The molecule has 0 saturated carbocycles. The van der Waals surface area contributed by atoms with Crippen LogP contribution in [0.4, 0.5) is 0 Å². The summed E-state index contributed by atoms with van der Waals surface area (Å²) in [5.74, 6) is 0.657. The van der Waals surface area contributed by atoms with Crippen molar-refractivity contribution in [1.82, 2.24) is 4.57 Å². The van der Waals surface area contributed by atoms with Crippen molar-refractivity contribution < 1.29 is 9.84 Å². The van der Waals surface area contributed by atoms with Gasteiger partial charge in [-0.15, -0.1) is 0 Å². The number of hydrogen-bond donors (Lipinski definition) is 1. The highest BCUT2D eigenvalue weighted by Gasteiger charge is 2.01. The number of phenolic OH excluding ortho intramolecular Hbond substituents is 1. The van der Waals surface area contributed by atoms with Crippen LogP contribution in [0.25, 0.3) is 0 Å². The van der Waals surface area contributed by atoms with E-state index in [2.05, 4.69) is 28.7 Å². The maximum absolute atomic E-state index is 9.62. The lowest BCUT2D eigenvalue weighted by Gasteiger charge is -2.06. The van der Waals surface area contributed by atoms with Gasteiger partial charge in [-0.05, 0) is 49.7 Å². The van der Waals surface area contributed by atoms with Crippen LogP contribution < -0.4 is 4.74 Å². The van der Waals surface area contributed by atoms with Crippen LogP contribution in [0, 0.1) is 6.92 Å². The molecule has 2 rings (SSSR count). The molecule has 1 heterocycles. The summed E-state index contributed by atoms with van der Waals surface area (Å²) in [5, 5.41) is 9.62. The first kappa shape index (κ1) is 14.2. The number of phenols is 1. The van der Waals surface area contributed by atoms with Crippen molar-refractivity contribution in [3.63, 3.8) is 0 Å². The lowest BCUT2D eigenvalue weighted by Crippen LogP contribution is -2.01. The van der Waals surface area contributed by atoms with Gasteiger partial charge in [-0.2, -0.15) is 0 Å². The molecule has 0 fully saturated rings. The van der Waals surface area contributed by atoms with E-state index in [0.29, 0.717) is 12.4 Å². The Hall–Kier alpha value is -2.23. The van der Waals surface area contributed by atoms with Gasteiger partial charge in [0.15, 0.2) is 11.5 Å². The Labute approximate surface area is 119 Å². The molecule has 0 bridgehead atoms. The molecule has 4 heteroatoms. The molecule has 0 atom stereocenters. The van der Waals surface area contributed by atoms with Gasteiger partial charge in [0.05, 0.1) is 13.2 Å². The van der Waals surface area contributed by atoms with E-state index >= 15 is 0 Å². The number of nitrogens with zero attached hydrogens (tertiary/aromatic N) is 2. The van der Waals surface area contributed by atoms with Crippen molar-refractivity contribution in [1.29, 1.82) is 0 Å². The fourth-order valence-electron chi connectivity index (χ4n) is 1.97. The summed E-state index contributed by atoms with van der Waals surface area (Å²) in [5.41, 5.74) is 2.17. The van der Waals surface area contributed by atoms with Crippen LogP contribution in [0.3, 0.4) is 0 Å². The average molecular weight is 272 g/mol. The van der Waals surface area contributed by atoms with E-state index in [4.69, 9.17) is 4.74 Å². The quantitative estimate of drug-likeness (QED) is 0.822. The first-order valence-electron chi connectivity index (χ1n) is 6.78. The molecule has 4 nitrogen and oxygen atoms in total. The molecule has 0 aliphatic carbocycles. The zero-order valence-electron chi connectivity index (χ0n) is 11.9. The van der Waals surface area contributed by atoms with Crippen LogP contribution in [0.15, 0.2) is 41.5 Å². The third kappa shape index (κ3) is 3.63. The Morgan fingerprint density at radius 1 is 1.35 bits per heavy atom. The van der Waals surface area contributed by atoms with E-state index in [1.54, 1.807) is 18.3 Å². The van der Waals surface area contributed by atoms with E-state index in [1.165, 1.54) is 5.69 Å². The highest BCUT2D eigenvalue weighted by molar-refractivity contribution is 5.80. The van der Waals surface area contributed by atoms with E-state index in [-0.39, 0.29) is 5.75 Å². The van der Waals surface area contributed by atoms with E-state index in [0.717, 1.165) is 18.7 Å². The average Bonchev–Trinajstić information content (AvgIpc) is 2.84. The Morgan fingerprint density at radius 2 is 2.20 bits per heavy atom. The van der Waals surface area contributed by atoms with Crippen LogP contribution in [0.5, 0.6) is 11.5 Å². The highest BCUT2D eigenvalue weighted by atomic mass is 16.5. The molecule has 1 N–H and O–H groups in total. The fourth-order valence-corrected chi connectivity index (χ4v) is 1.97. The SMILES string of the molecule is CCOc1cc(C=NCCn2cccc2C)ccc1O. The molecule has 0 unspecified atom stereocenters. The van der Waals surface area contributed by atoms with Crippen molar-refractivity contribution in [2.45, 2.75) is 20.4 Å². The molecule has 2 aromatic rings. The number of hydrogen-bond acceptors (Lipinski definition) is 3. The number of aliphatic imine (C=N–C) groups is 1. The molecule has 20 heavy (non-hydrogen) atoms. The molecule has 1 aromatic heterocycles. The summed E-state index contributed by atoms with van der Waals surface area (Å²) in [7, 11) is 0. The molecular formula is C16H20N2O2. The number of aromatic nitrogens is 1. The summed E-state index contributed by atoms with van der Waals surface area (Å²) in [6.07, 6.45) is 3.86. The van der Waals surface area contributed by atoms with E-state index in [1.807, 2.05) is 19.1 Å². The van der Waals surface area contributed by atoms with Gasteiger partial charge < -0.3 is 14.4 Å². The number of rotatable bonds is 6. The van der Waals surface area contributed by atoms with Crippen molar-refractivity contribution in [2.24, 2.45) is 4.99 Å². The first-order valence-corrected chi connectivity index (χ1v) is 6.78. The summed E-state index contributed by atoms with van der Waals surface area (Å²) < 4.78 is 7.51. The lowest BCUT2D eigenvalue weighted by molar-refractivity contribution is 0.318. The van der Waals surface area contributed by atoms with Crippen molar-refractivity contribution in [3.05, 3.63) is 47.8 Å². The van der Waals surface area contributed by atoms with Gasteiger partial charge in [-0.3, -0.25) is 4.99 Å². The highest BCUT2D eigenvalue weighted by Crippen LogP contribution is 2.26. The molecular weight excluding hydrogens is 252 g/mol. The van der Waals surface area contributed by atoms with E-state index in [9.17, 15) is 5.11 Å². The minimum Gasteiger partial charge on any atom is -0.504 e. The predicted molar refractivity (Wildman–Crippen MR) is 80.9 cm³/mol. The van der Waals surface area contributed by atoms with Gasteiger partial charge in [0, 0.05) is 24.7 Å². The molecule has 0 aliphatic heterocycles. The second-order valence-corrected chi connectivity index (χ2v) is 4.54. The number of aromatic hydroxyl groups is 1. The summed E-state index contributed by atoms with van der Waals surface area (Å²) >= 11 is 0. The van der Waals surface area contributed by atoms with Gasteiger partial charge in [0.25, 0.3) is 0 Å². The molecule has 0 amide bonds. The summed E-state index contributed by atoms with van der Waals surface area (Å²) in [6.45, 7) is 6.09. The normalized spacial score (nSPS) is 11.1. The van der Waals surface area contributed by atoms with Gasteiger partial charge in [0.2, 0.25) is 0 Å². The smallest absolute Gasteiger partial charge is 0.161 e. The standard InChI is InChI=1S/C16H20N2O2/c1-3-20-16-11-14(6-7-15(16)19)12-17-8-10-18-9-4-5-13(18)2/h4-7,9,11-12,19H,3,8,10H2,1-2H3. The van der Waals surface area contributed by atoms with Crippen LogP contribution in [0.2, 0.25) is 0 Å². The van der Waals surface area contributed by atoms with Crippen molar-refractivity contribution in [3.8, 4) is 11.5 Å². The van der Waals surface area contributed by atoms with Crippen molar-refractivity contribution >= 4 is 6.21 Å². The fraction of sp³-hybridized carbons (Fsp3) is 0.312. The minimum atomic E-state index is 0.159. The molecule has 0 radical (unpaired) electrons. The van der Waals surface area contributed by atoms with Gasteiger partial charge in [-0.25, -0.2) is 0 Å². The Balaban J connectivity index is 1.94. The zero-order chi connectivity index (χ0) is 14.4. The molecule has 1 aromatic carbocycles. The Bertz CT molecular complexity index is 588. The van der Waals surface area contributed by atoms with Crippen molar-refractivity contribution in [2.75, 3.05) is 13.2 Å². The monoisotopic (exact) mass is 272 g/mol. The second-order valence-electron chi connectivity index (χ2n) is 4.54. The maximum Gasteiger partial charge on any atom is 0.161 e. The first-order chi connectivity index (χ1) is 9.70. The molecule has 106 valence electrons. The number of aryl methyl sites for hydroxylation is 1. The van der Waals surface area contributed by atoms with Crippen LogP contribution in [-0.2, 0) is 6.54 Å². The number of ether oxygens (including phenoxy) is 1. The third-order valence-corrected chi connectivity index (χ3v) is 3.05. The Morgan fingerprint density at radius 3 is 2.90 bits per heavy atom. The largest absolute Gasteiger partial charge is 0.504 e. The Kier molecular flexibility index (Phi) is 4.82. The molecule has 0 spiro atoms. The second kappa shape index (κ2) is 6.80. The maximum atomic E-state index is 9.62. The summed E-state index contributed by atoms with van der Waals surface area (Å²) in [4.78, 5) is 4.41. The van der Waals surface area contributed by atoms with Crippen LogP contribution in [-0.4, -0.2) is 29.0 Å². The van der Waals surface area contributed by atoms with Gasteiger partial charge >= 0.3 is 0 Å². The lowest BCUT2D eigenvalue weighted by atomic mass is 10.2. The third-order valence-electron chi connectivity index (χ3n) is 3.05.